The van der Waals surface area contributed by atoms with Gasteiger partial charge in [0.15, 0.2) is 5.69 Å². The van der Waals surface area contributed by atoms with Crippen LogP contribution in [0.25, 0.3) is 0 Å². The average Bonchev–Trinajstić information content (AvgIpc) is 2.60. The maximum atomic E-state index is 11.7. The van der Waals surface area contributed by atoms with Gasteiger partial charge in [-0.1, -0.05) is 0 Å². The molecule has 5 heteroatoms. The van der Waals surface area contributed by atoms with Crippen LogP contribution in [-0.2, 0) is 13.0 Å². The second-order valence-electron chi connectivity index (χ2n) is 3.66. The number of nitrogens with one attached hydrogen (secondary N) is 2. The van der Waals surface area contributed by atoms with Crippen molar-refractivity contribution in [1.29, 1.82) is 0 Å². The molecule has 0 radical (unpaired) electrons. The van der Waals surface area contributed by atoms with Gasteiger partial charge in [-0.25, -0.2) is 0 Å². The molecule has 14 heavy (non-hydrogen) atoms. The summed E-state index contributed by atoms with van der Waals surface area (Å²) in [6, 6.07) is 0. The Bertz CT molecular complexity index is 356. The third-order valence-corrected chi connectivity index (χ3v) is 2.42. The van der Waals surface area contributed by atoms with E-state index < -0.39 is 0 Å². The molecule has 1 aliphatic rings. The quantitative estimate of drug-likeness (QED) is 0.648. The predicted molar refractivity (Wildman–Crippen MR) is 52.0 cm³/mol. The molecule has 0 saturated heterocycles. The lowest BCUT2D eigenvalue weighted by molar-refractivity contribution is 0.0820. The zero-order valence-electron chi connectivity index (χ0n) is 8.42. The summed E-state index contributed by atoms with van der Waals surface area (Å²) in [5, 5.41) is 10.2. The molecule has 2 rings (SSSR count). The summed E-state index contributed by atoms with van der Waals surface area (Å²) in [6.45, 7) is 1.69. The van der Waals surface area contributed by atoms with Crippen LogP contribution in [0.4, 0.5) is 0 Å². The molecule has 1 aliphatic heterocycles. The maximum absolute atomic E-state index is 11.7. The van der Waals surface area contributed by atoms with Crippen molar-refractivity contribution in [3.8, 4) is 0 Å². The molecule has 0 aromatic carbocycles. The third kappa shape index (κ3) is 1.39. The molecular weight excluding hydrogens is 180 g/mol. The fraction of sp³-hybridized carbons (Fsp3) is 0.556. The Balaban J connectivity index is 2.35. The van der Waals surface area contributed by atoms with Crippen molar-refractivity contribution in [3.05, 3.63) is 17.0 Å². The minimum Gasteiger partial charge on any atom is -0.343 e. The summed E-state index contributed by atoms with van der Waals surface area (Å²) in [5.41, 5.74) is 2.67. The van der Waals surface area contributed by atoms with Gasteiger partial charge >= 0.3 is 0 Å². The highest BCUT2D eigenvalue weighted by Gasteiger charge is 2.22. The zero-order chi connectivity index (χ0) is 10.1. The van der Waals surface area contributed by atoms with Crippen molar-refractivity contribution in [2.75, 3.05) is 20.6 Å². The molecular formula is C9H14N4O. The lowest BCUT2D eigenvalue weighted by Gasteiger charge is -2.14. The smallest absolute Gasteiger partial charge is 0.274 e. The van der Waals surface area contributed by atoms with Gasteiger partial charge in [0.2, 0.25) is 0 Å². The van der Waals surface area contributed by atoms with Crippen LogP contribution in [0.3, 0.4) is 0 Å². The first kappa shape index (κ1) is 9.21. The predicted octanol–water partition coefficient (Wildman–Crippen LogP) is -0.243. The summed E-state index contributed by atoms with van der Waals surface area (Å²) in [5.74, 6) is -0.0359. The summed E-state index contributed by atoms with van der Waals surface area (Å²) < 4.78 is 0. The summed E-state index contributed by atoms with van der Waals surface area (Å²) in [7, 11) is 3.47. The van der Waals surface area contributed by atoms with Crippen molar-refractivity contribution in [2.45, 2.75) is 13.0 Å². The van der Waals surface area contributed by atoms with Crippen LogP contribution in [0.15, 0.2) is 0 Å². The molecule has 0 fully saturated rings. The Hall–Kier alpha value is -1.36. The minimum atomic E-state index is -0.0359. The molecule has 1 amide bonds. The van der Waals surface area contributed by atoms with E-state index in [4.69, 9.17) is 0 Å². The average molecular weight is 194 g/mol. The van der Waals surface area contributed by atoms with Crippen molar-refractivity contribution in [3.63, 3.8) is 0 Å². The lowest BCUT2D eigenvalue weighted by Crippen LogP contribution is -2.27. The highest BCUT2D eigenvalue weighted by atomic mass is 16.2. The van der Waals surface area contributed by atoms with Gasteiger partial charge in [0.1, 0.15) is 0 Å². The molecule has 0 saturated carbocycles. The molecule has 5 nitrogen and oxygen atoms in total. The number of amides is 1. The summed E-state index contributed by atoms with van der Waals surface area (Å²) in [4.78, 5) is 13.2. The van der Waals surface area contributed by atoms with Crippen molar-refractivity contribution in [2.24, 2.45) is 0 Å². The molecule has 2 heterocycles. The van der Waals surface area contributed by atoms with Gasteiger partial charge in [0.05, 0.1) is 0 Å². The second kappa shape index (κ2) is 3.42. The second-order valence-corrected chi connectivity index (χ2v) is 3.66. The minimum absolute atomic E-state index is 0.0359. The van der Waals surface area contributed by atoms with Crippen molar-refractivity contribution >= 4 is 5.91 Å². The highest BCUT2D eigenvalue weighted by Crippen LogP contribution is 2.15. The van der Waals surface area contributed by atoms with Crippen LogP contribution in [0.2, 0.25) is 0 Å². The van der Waals surface area contributed by atoms with E-state index in [1.165, 1.54) is 0 Å². The number of hydrogen-bond donors (Lipinski definition) is 2. The van der Waals surface area contributed by atoms with Crippen LogP contribution < -0.4 is 5.32 Å². The Morgan fingerprint density at radius 1 is 1.50 bits per heavy atom. The summed E-state index contributed by atoms with van der Waals surface area (Å²) >= 11 is 0. The first-order chi connectivity index (χ1) is 6.70. The third-order valence-electron chi connectivity index (χ3n) is 2.42. The number of aromatic nitrogens is 2. The number of hydrogen-bond acceptors (Lipinski definition) is 3. The van der Waals surface area contributed by atoms with E-state index in [9.17, 15) is 4.79 Å². The molecule has 2 N–H and O–H groups in total. The van der Waals surface area contributed by atoms with Gasteiger partial charge in [0.25, 0.3) is 5.91 Å². The largest absolute Gasteiger partial charge is 0.343 e. The van der Waals surface area contributed by atoms with Crippen LogP contribution in [0.1, 0.15) is 21.7 Å². The van der Waals surface area contributed by atoms with Gasteiger partial charge in [-0.05, 0) is 0 Å². The number of fused-ring (bicyclic) bond motifs is 1. The molecule has 1 aromatic rings. The van der Waals surface area contributed by atoms with Crippen LogP contribution >= 0.6 is 0 Å². The maximum Gasteiger partial charge on any atom is 0.274 e. The van der Waals surface area contributed by atoms with E-state index in [0.29, 0.717) is 5.69 Å². The van der Waals surface area contributed by atoms with E-state index in [1.54, 1.807) is 19.0 Å². The Morgan fingerprint density at radius 2 is 2.29 bits per heavy atom. The van der Waals surface area contributed by atoms with E-state index in [1.807, 2.05) is 0 Å². The zero-order valence-corrected chi connectivity index (χ0v) is 8.42. The molecule has 76 valence electrons. The summed E-state index contributed by atoms with van der Waals surface area (Å²) in [6.07, 6.45) is 0.920. The number of nitrogens with zero attached hydrogens (tertiary/aromatic N) is 2. The highest BCUT2D eigenvalue weighted by molar-refractivity contribution is 5.93. The van der Waals surface area contributed by atoms with Crippen molar-refractivity contribution in [1.82, 2.24) is 20.4 Å². The topological polar surface area (TPSA) is 61.0 Å². The number of carbonyl (C=O) groups excluding carboxylic acids is 1. The Labute approximate surface area is 82.5 Å². The Morgan fingerprint density at radius 3 is 3.00 bits per heavy atom. The molecule has 0 unspecified atom stereocenters. The normalized spacial score (nSPS) is 15.0. The lowest BCUT2D eigenvalue weighted by atomic mass is 10.1. The van der Waals surface area contributed by atoms with Crippen LogP contribution in [0, 0.1) is 0 Å². The van der Waals surface area contributed by atoms with Gasteiger partial charge in [0, 0.05) is 44.9 Å². The van der Waals surface area contributed by atoms with Crippen LogP contribution in [-0.4, -0.2) is 41.6 Å². The molecule has 0 atom stereocenters. The van der Waals surface area contributed by atoms with E-state index in [-0.39, 0.29) is 5.91 Å². The SMILES string of the molecule is CN(C)C(=O)c1n[nH]c2c1CNCC2. The van der Waals surface area contributed by atoms with Gasteiger partial charge in [-0.15, -0.1) is 0 Å². The first-order valence-electron chi connectivity index (χ1n) is 4.68. The molecule has 0 spiro atoms. The standard InChI is InChI=1S/C9H14N4O/c1-13(2)9(14)8-6-5-10-4-3-7(6)11-12-8/h10H,3-5H2,1-2H3,(H,11,12). The van der Waals surface area contributed by atoms with Gasteiger partial charge in [-0.2, -0.15) is 5.10 Å². The fourth-order valence-corrected chi connectivity index (χ4v) is 1.61. The van der Waals surface area contributed by atoms with Crippen LogP contribution in [0.5, 0.6) is 0 Å². The van der Waals surface area contributed by atoms with E-state index in [0.717, 1.165) is 30.8 Å². The number of carbonyl (C=O) groups is 1. The van der Waals surface area contributed by atoms with Gasteiger partial charge < -0.3 is 10.2 Å². The molecule has 1 aromatic heterocycles. The molecule has 0 bridgehead atoms. The van der Waals surface area contributed by atoms with E-state index in [2.05, 4.69) is 15.5 Å². The fourth-order valence-electron chi connectivity index (χ4n) is 1.61. The molecule has 0 aliphatic carbocycles. The monoisotopic (exact) mass is 194 g/mol. The van der Waals surface area contributed by atoms with Gasteiger partial charge in [-0.3, -0.25) is 9.89 Å². The Kier molecular flexibility index (Phi) is 2.25. The first-order valence-corrected chi connectivity index (χ1v) is 4.68. The number of H-pyrrole nitrogens is 1. The number of aromatic amines is 1. The van der Waals surface area contributed by atoms with Crippen molar-refractivity contribution < 1.29 is 4.79 Å². The van der Waals surface area contributed by atoms with E-state index >= 15 is 0 Å². The number of rotatable bonds is 1.